The Morgan fingerprint density at radius 1 is 1.38 bits per heavy atom. The summed E-state index contributed by atoms with van der Waals surface area (Å²) in [5, 5.41) is 6.34. The fourth-order valence-corrected chi connectivity index (χ4v) is 3.91. The SMILES string of the molecule is CC(CC(=O)NCC1(c2cccc(C(F)(F)F)c2)CC1)C1CCCNC1. The van der Waals surface area contributed by atoms with Crippen molar-refractivity contribution in [1.82, 2.24) is 10.6 Å². The number of rotatable bonds is 6. The molecule has 1 amide bonds. The number of carbonyl (C=O) groups excluding carboxylic acids is 1. The van der Waals surface area contributed by atoms with Crippen LogP contribution in [0.25, 0.3) is 0 Å². The lowest BCUT2D eigenvalue weighted by Crippen LogP contribution is -2.37. The zero-order valence-electron chi connectivity index (χ0n) is 15.2. The fraction of sp³-hybridized carbons (Fsp3) is 0.650. The lowest BCUT2D eigenvalue weighted by atomic mass is 9.85. The molecule has 1 aliphatic carbocycles. The van der Waals surface area contributed by atoms with Gasteiger partial charge in [-0.25, -0.2) is 0 Å². The van der Waals surface area contributed by atoms with Crippen molar-refractivity contribution in [3.05, 3.63) is 35.4 Å². The van der Waals surface area contributed by atoms with Crippen LogP contribution in [-0.4, -0.2) is 25.5 Å². The van der Waals surface area contributed by atoms with Gasteiger partial charge < -0.3 is 10.6 Å². The zero-order chi connectivity index (χ0) is 18.8. The molecule has 3 nitrogen and oxygen atoms in total. The third-order valence-electron chi connectivity index (χ3n) is 5.93. The molecule has 1 aliphatic heterocycles. The molecule has 2 fully saturated rings. The number of nitrogens with one attached hydrogen (secondary N) is 2. The number of benzene rings is 1. The first-order valence-corrected chi connectivity index (χ1v) is 9.45. The van der Waals surface area contributed by atoms with Crippen LogP contribution in [0.4, 0.5) is 13.2 Å². The van der Waals surface area contributed by atoms with E-state index in [9.17, 15) is 18.0 Å². The maximum Gasteiger partial charge on any atom is 0.416 e. The molecule has 0 bridgehead atoms. The molecular formula is C20H27F3N2O. The molecule has 1 saturated carbocycles. The Morgan fingerprint density at radius 2 is 2.15 bits per heavy atom. The Bertz CT molecular complexity index is 634. The van der Waals surface area contributed by atoms with E-state index >= 15 is 0 Å². The summed E-state index contributed by atoms with van der Waals surface area (Å²) >= 11 is 0. The summed E-state index contributed by atoms with van der Waals surface area (Å²) < 4.78 is 38.8. The van der Waals surface area contributed by atoms with E-state index in [-0.39, 0.29) is 11.3 Å². The average Bonchev–Trinajstić information content (AvgIpc) is 3.41. The van der Waals surface area contributed by atoms with Crippen molar-refractivity contribution >= 4 is 5.91 Å². The molecule has 2 atom stereocenters. The molecule has 3 rings (SSSR count). The highest BCUT2D eigenvalue weighted by Gasteiger charge is 2.45. The van der Waals surface area contributed by atoms with E-state index in [1.165, 1.54) is 12.1 Å². The maximum absolute atomic E-state index is 12.9. The Morgan fingerprint density at radius 3 is 2.77 bits per heavy atom. The zero-order valence-corrected chi connectivity index (χ0v) is 15.2. The van der Waals surface area contributed by atoms with Gasteiger partial charge in [0.15, 0.2) is 0 Å². The number of alkyl halides is 3. The van der Waals surface area contributed by atoms with Crippen molar-refractivity contribution in [2.24, 2.45) is 11.8 Å². The van der Waals surface area contributed by atoms with Crippen LogP contribution in [0.15, 0.2) is 24.3 Å². The van der Waals surface area contributed by atoms with Gasteiger partial charge in [0, 0.05) is 18.4 Å². The minimum atomic E-state index is -4.33. The molecule has 144 valence electrons. The molecule has 0 radical (unpaired) electrons. The predicted octanol–water partition coefficient (Wildman–Crippen LogP) is 3.88. The minimum absolute atomic E-state index is 0.00123. The number of hydrogen-bond acceptors (Lipinski definition) is 2. The van der Waals surface area contributed by atoms with Crippen molar-refractivity contribution < 1.29 is 18.0 Å². The largest absolute Gasteiger partial charge is 0.416 e. The van der Waals surface area contributed by atoms with Crippen LogP contribution in [-0.2, 0) is 16.4 Å². The van der Waals surface area contributed by atoms with Crippen LogP contribution in [0.1, 0.15) is 50.2 Å². The molecule has 2 unspecified atom stereocenters. The van der Waals surface area contributed by atoms with Gasteiger partial charge in [0.1, 0.15) is 0 Å². The predicted molar refractivity (Wildman–Crippen MR) is 94.7 cm³/mol. The first kappa shape index (κ1) is 19.2. The third-order valence-corrected chi connectivity index (χ3v) is 5.93. The van der Waals surface area contributed by atoms with Gasteiger partial charge in [-0.2, -0.15) is 13.2 Å². The lowest BCUT2D eigenvalue weighted by Gasteiger charge is -2.28. The molecule has 26 heavy (non-hydrogen) atoms. The van der Waals surface area contributed by atoms with Crippen molar-refractivity contribution in [2.75, 3.05) is 19.6 Å². The highest BCUT2D eigenvalue weighted by atomic mass is 19.4. The maximum atomic E-state index is 12.9. The molecule has 2 N–H and O–H groups in total. The van der Waals surface area contributed by atoms with Gasteiger partial charge >= 0.3 is 6.18 Å². The number of amides is 1. The van der Waals surface area contributed by atoms with Crippen LogP contribution in [0.5, 0.6) is 0 Å². The second-order valence-corrected chi connectivity index (χ2v) is 7.92. The van der Waals surface area contributed by atoms with E-state index in [4.69, 9.17) is 0 Å². The van der Waals surface area contributed by atoms with E-state index in [0.29, 0.717) is 30.4 Å². The lowest BCUT2D eigenvalue weighted by molar-refractivity contribution is -0.137. The van der Waals surface area contributed by atoms with Crippen LogP contribution in [0.2, 0.25) is 0 Å². The van der Waals surface area contributed by atoms with Gasteiger partial charge in [-0.1, -0.05) is 25.1 Å². The summed E-state index contributed by atoms with van der Waals surface area (Å²) in [6.07, 6.45) is 0.0715. The van der Waals surface area contributed by atoms with Crippen molar-refractivity contribution in [2.45, 2.75) is 50.6 Å². The van der Waals surface area contributed by atoms with Crippen LogP contribution >= 0.6 is 0 Å². The van der Waals surface area contributed by atoms with Crippen molar-refractivity contribution in [3.8, 4) is 0 Å². The van der Waals surface area contributed by atoms with Gasteiger partial charge in [0.05, 0.1) is 5.56 Å². The fourth-order valence-electron chi connectivity index (χ4n) is 3.91. The second kappa shape index (κ2) is 7.59. The Balaban J connectivity index is 1.55. The monoisotopic (exact) mass is 368 g/mol. The molecule has 1 aromatic rings. The molecule has 1 saturated heterocycles. The highest BCUT2D eigenvalue weighted by Crippen LogP contribution is 2.48. The van der Waals surface area contributed by atoms with Gasteiger partial charge in [-0.3, -0.25) is 4.79 Å². The molecule has 0 aromatic heterocycles. The summed E-state index contributed by atoms with van der Waals surface area (Å²) in [5.74, 6) is 0.834. The van der Waals surface area contributed by atoms with Gasteiger partial charge in [0.2, 0.25) is 5.91 Å². The van der Waals surface area contributed by atoms with Gasteiger partial charge in [-0.15, -0.1) is 0 Å². The normalized spacial score (nSPS) is 23.3. The van der Waals surface area contributed by atoms with Crippen molar-refractivity contribution in [3.63, 3.8) is 0 Å². The summed E-state index contributed by atoms with van der Waals surface area (Å²) in [4.78, 5) is 12.3. The Hall–Kier alpha value is -1.56. The first-order valence-electron chi connectivity index (χ1n) is 9.45. The highest BCUT2D eigenvalue weighted by molar-refractivity contribution is 5.76. The number of piperidine rings is 1. The van der Waals surface area contributed by atoms with Crippen LogP contribution in [0.3, 0.4) is 0 Å². The summed E-state index contributed by atoms with van der Waals surface area (Å²) in [6, 6.07) is 5.52. The minimum Gasteiger partial charge on any atom is -0.355 e. The smallest absolute Gasteiger partial charge is 0.355 e. The molecule has 1 aromatic carbocycles. The molecule has 0 spiro atoms. The summed E-state index contributed by atoms with van der Waals surface area (Å²) in [7, 11) is 0. The standard InChI is InChI=1S/C20H27F3N2O/c1-14(15-4-3-9-24-12-15)10-18(26)25-13-19(7-8-19)16-5-2-6-17(11-16)20(21,22)23/h2,5-6,11,14-15,24H,3-4,7-10,12-13H2,1H3,(H,25,26). The summed E-state index contributed by atoms with van der Waals surface area (Å²) in [5.41, 5.74) is -0.268. The number of hydrogen-bond donors (Lipinski definition) is 2. The third kappa shape index (κ3) is 4.58. The molecule has 1 heterocycles. The molecule has 2 aliphatic rings. The van der Waals surface area contributed by atoms with E-state index in [1.54, 1.807) is 6.07 Å². The van der Waals surface area contributed by atoms with E-state index in [2.05, 4.69) is 17.6 Å². The Labute approximate surface area is 152 Å². The summed E-state index contributed by atoms with van der Waals surface area (Å²) in [6.45, 7) is 4.54. The first-order chi connectivity index (χ1) is 12.3. The quantitative estimate of drug-likeness (QED) is 0.800. The van der Waals surface area contributed by atoms with Gasteiger partial charge in [0.25, 0.3) is 0 Å². The topological polar surface area (TPSA) is 41.1 Å². The number of halogens is 3. The number of carbonyl (C=O) groups is 1. The van der Waals surface area contributed by atoms with E-state index in [0.717, 1.165) is 44.8 Å². The van der Waals surface area contributed by atoms with Crippen LogP contribution < -0.4 is 10.6 Å². The Kier molecular flexibility index (Phi) is 5.61. The van der Waals surface area contributed by atoms with E-state index in [1.807, 2.05) is 0 Å². The van der Waals surface area contributed by atoms with Crippen LogP contribution in [0, 0.1) is 11.8 Å². The average molecular weight is 368 g/mol. The van der Waals surface area contributed by atoms with Gasteiger partial charge in [-0.05, 0) is 62.2 Å². The van der Waals surface area contributed by atoms with Crippen molar-refractivity contribution in [1.29, 1.82) is 0 Å². The second-order valence-electron chi connectivity index (χ2n) is 7.92. The molecule has 6 heteroatoms. The van der Waals surface area contributed by atoms with E-state index < -0.39 is 11.7 Å². The molecular weight excluding hydrogens is 341 g/mol.